The molecule has 0 aromatic heterocycles. The summed E-state index contributed by atoms with van der Waals surface area (Å²) in [6, 6.07) is 3.26. The van der Waals surface area contributed by atoms with Gasteiger partial charge in [0.2, 0.25) is 10.0 Å². The fraction of sp³-hybridized carbons (Fsp3) is 0.611. The van der Waals surface area contributed by atoms with Gasteiger partial charge >= 0.3 is 0 Å². The highest BCUT2D eigenvalue weighted by Crippen LogP contribution is 2.22. The van der Waals surface area contributed by atoms with Gasteiger partial charge in [-0.15, -0.1) is 0 Å². The van der Waals surface area contributed by atoms with Gasteiger partial charge in [-0.25, -0.2) is 17.2 Å². The second-order valence-corrected chi connectivity index (χ2v) is 9.16. The molecule has 1 saturated carbocycles. The van der Waals surface area contributed by atoms with Gasteiger partial charge in [0.25, 0.3) is 5.91 Å². The number of amides is 1. The first-order chi connectivity index (χ1) is 12.9. The van der Waals surface area contributed by atoms with Crippen LogP contribution in [-0.4, -0.2) is 57.4 Å². The van der Waals surface area contributed by atoms with E-state index in [0.29, 0.717) is 19.6 Å². The molecule has 1 aliphatic heterocycles. The molecule has 1 saturated heterocycles. The Kier molecular flexibility index (Phi) is 6.44. The van der Waals surface area contributed by atoms with Crippen molar-refractivity contribution in [2.45, 2.75) is 43.0 Å². The lowest BCUT2D eigenvalue weighted by atomic mass is 9.95. The number of benzene rings is 1. The maximum atomic E-state index is 13.9. The molecule has 1 aromatic carbocycles. The molecule has 27 heavy (non-hydrogen) atoms. The lowest BCUT2D eigenvalue weighted by molar-refractivity contribution is -0.895. The summed E-state index contributed by atoms with van der Waals surface area (Å²) in [5.74, 6) is -2.19. The first kappa shape index (κ1) is 20.2. The highest BCUT2D eigenvalue weighted by molar-refractivity contribution is 7.89. The summed E-state index contributed by atoms with van der Waals surface area (Å²) in [7, 11) is -4.23. The molecule has 0 bridgehead atoms. The third-order valence-corrected chi connectivity index (χ3v) is 7.28. The summed E-state index contributed by atoms with van der Waals surface area (Å²) < 4.78 is 54.0. The Morgan fingerprint density at radius 3 is 2.30 bits per heavy atom. The Balaban J connectivity index is 1.54. The van der Waals surface area contributed by atoms with Crippen molar-refractivity contribution in [2.75, 3.05) is 32.7 Å². The minimum Gasteiger partial charge on any atom is -0.348 e. The largest absolute Gasteiger partial charge is 0.348 e. The predicted octanol–water partition coefficient (Wildman–Crippen LogP) is 0.303. The zero-order valence-electron chi connectivity index (χ0n) is 15.2. The Hall–Kier alpha value is -1.58. The first-order valence-corrected chi connectivity index (χ1v) is 10.9. The number of sulfonamides is 1. The number of nitrogens with one attached hydrogen (secondary N) is 2. The highest BCUT2D eigenvalue weighted by atomic mass is 32.2. The Labute approximate surface area is 158 Å². The average Bonchev–Trinajstić information content (AvgIpc) is 2.62. The zero-order chi connectivity index (χ0) is 19.4. The summed E-state index contributed by atoms with van der Waals surface area (Å²) >= 11 is 0. The van der Waals surface area contributed by atoms with Gasteiger partial charge in [0.15, 0.2) is 11.4 Å². The fourth-order valence-electron chi connectivity index (χ4n) is 3.83. The van der Waals surface area contributed by atoms with E-state index in [4.69, 9.17) is 0 Å². The number of carbonyl (C=O) groups excluding carboxylic acids is 1. The van der Waals surface area contributed by atoms with Crippen molar-refractivity contribution in [3.8, 4) is 0 Å². The van der Waals surface area contributed by atoms with E-state index < -0.39 is 26.6 Å². The number of nitrogens with zero attached hydrogens (tertiary/aromatic N) is 1. The van der Waals surface area contributed by atoms with Crippen LogP contribution in [0.4, 0.5) is 8.78 Å². The summed E-state index contributed by atoms with van der Waals surface area (Å²) in [4.78, 5) is 12.3. The van der Waals surface area contributed by atoms with Crippen molar-refractivity contribution in [1.82, 2.24) is 9.62 Å². The Morgan fingerprint density at radius 2 is 1.70 bits per heavy atom. The summed E-state index contributed by atoms with van der Waals surface area (Å²) in [5.41, 5.74) is 0. The monoisotopic (exact) mass is 402 g/mol. The number of hydrogen-bond acceptors (Lipinski definition) is 3. The Bertz CT molecular complexity index is 754. The van der Waals surface area contributed by atoms with Crippen molar-refractivity contribution < 1.29 is 26.9 Å². The van der Waals surface area contributed by atoms with Gasteiger partial charge in [-0.2, -0.15) is 4.31 Å². The molecule has 0 atom stereocenters. The van der Waals surface area contributed by atoms with Crippen LogP contribution in [0.15, 0.2) is 23.1 Å². The number of rotatable bonds is 5. The fourth-order valence-corrected chi connectivity index (χ4v) is 5.38. The van der Waals surface area contributed by atoms with E-state index >= 15 is 0 Å². The van der Waals surface area contributed by atoms with E-state index in [-0.39, 0.29) is 25.0 Å². The quantitative estimate of drug-likeness (QED) is 0.745. The van der Waals surface area contributed by atoms with Crippen LogP contribution >= 0.6 is 0 Å². The molecule has 0 spiro atoms. The molecule has 1 heterocycles. The van der Waals surface area contributed by atoms with Crippen molar-refractivity contribution in [3.05, 3.63) is 29.8 Å². The topological polar surface area (TPSA) is 70.9 Å². The van der Waals surface area contributed by atoms with Crippen molar-refractivity contribution in [2.24, 2.45) is 0 Å². The number of halogens is 2. The third kappa shape index (κ3) is 4.83. The maximum absolute atomic E-state index is 13.9. The smallest absolute Gasteiger partial charge is 0.275 e. The van der Waals surface area contributed by atoms with E-state index in [1.165, 1.54) is 6.42 Å². The first-order valence-electron chi connectivity index (χ1n) is 9.45. The van der Waals surface area contributed by atoms with E-state index in [0.717, 1.165) is 53.1 Å². The van der Waals surface area contributed by atoms with Gasteiger partial charge in [-0.3, -0.25) is 4.79 Å². The van der Waals surface area contributed by atoms with E-state index in [1.54, 1.807) is 0 Å². The molecule has 2 N–H and O–H groups in total. The van der Waals surface area contributed by atoms with Crippen LogP contribution in [0.3, 0.4) is 0 Å². The van der Waals surface area contributed by atoms with Crippen LogP contribution < -0.4 is 10.2 Å². The van der Waals surface area contributed by atoms with E-state index in [1.807, 2.05) is 0 Å². The average molecular weight is 402 g/mol. The van der Waals surface area contributed by atoms with Gasteiger partial charge in [0.05, 0.1) is 26.2 Å². The molecular weight excluding hydrogens is 376 g/mol. The van der Waals surface area contributed by atoms with Crippen LogP contribution in [0.5, 0.6) is 0 Å². The highest BCUT2D eigenvalue weighted by Gasteiger charge is 2.35. The van der Waals surface area contributed by atoms with Crippen LogP contribution in [0, 0.1) is 11.6 Å². The van der Waals surface area contributed by atoms with Gasteiger partial charge < -0.3 is 10.2 Å². The molecular formula is C18H26F2N3O3S+. The van der Waals surface area contributed by atoms with E-state index in [2.05, 4.69) is 5.32 Å². The lowest BCUT2D eigenvalue weighted by Gasteiger charge is -2.31. The van der Waals surface area contributed by atoms with E-state index in [9.17, 15) is 22.0 Å². The molecule has 0 radical (unpaired) electrons. The summed E-state index contributed by atoms with van der Waals surface area (Å²) in [6.07, 6.45) is 5.53. The molecule has 9 heteroatoms. The third-order valence-electron chi connectivity index (χ3n) is 5.33. The Morgan fingerprint density at radius 1 is 1.11 bits per heavy atom. The molecule has 0 unspecified atom stereocenters. The van der Waals surface area contributed by atoms with Crippen LogP contribution in [0.2, 0.25) is 0 Å². The second-order valence-electron chi connectivity index (χ2n) is 7.28. The number of piperazine rings is 1. The molecule has 1 aliphatic carbocycles. The standard InChI is InChI=1S/C18H25F2N3O3S/c19-15-7-4-8-16(20)18(15)27(25,26)23-11-9-22(10-12-23)13-17(24)21-14-5-2-1-3-6-14/h4,7-8,14H,1-3,5-6,9-13H2,(H,21,24)/p+1. The van der Waals surface area contributed by atoms with Gasteiger partial charge in [-0.05, 0) is 25.0 Å². The molecule has 1 amide bonds. The predicted molar refractivity (Wildman–Crippen MR) is 95.7 cm³/mol. The number of hydrogen-bond donors (Lipinski definition) is 2. The normalized spacial score (nSPS) is 20.5. The number of quaternary nitrogens is 1. The van der Waals surface area contributed by atoms with Crippen LogP contribution in [0.25, 0.3) is 0 Å². The van der Waals surface area contributed by atoms with Crippen LogP contribution in [-0.2, 0) is 14.8 Å². The minimum atomic E-state index is -4.23. The summed E-state index contributed by atoms with van der Waals surface area (Å²) in [5, 5.41) is 3.06. The zero-order valence-corrected chi connectivity index (χ0v) is 16.0. The molecule has 2 fully saturated rings. The molecule has 6 nitrogen and oxygen atoms in total. The second kappa shape index (κ2) is 8.62. The van der Waals surface area contributed by atoms with Crippen molar-refractivity contribution in [1.29, 1.82) is 0 Å². The van der Waals surface area contributed by atoms with Crippen LogP contribution in [0.1, 0.15) is 32.1 Å². The SMILES string of the molecule is O=C(C[NH+]1CCN(S(=O)(=O)c2c(F)cccc2F)CC1)NC1CCCCC1. The molecule has 150 valence electrons. The minimum absolute atomic E-state index is 0.0200. The van der Waals surface area contributed by atoms with Gasteiger partial charge in [0, 0.05) is 6.04 Å². The van der Waals surface area contributed by atoms with Crippen molar-refractivity contribution in [3.63, 3.8) is 0 Å². The maximum Gasteiger partial charge on any atom is 0.275 e. The van der Waals surface area contributed by atoms with Crippen molar-refractivity contribution >= 4 is 15.9 Å². The van der Waals surface area contributed by atoms with Gasteiger partial charge in [0.1, 0.15) is 11.6 Å². The molecule has 2 aliphatic rings. The molecule has 3 rings (SSSR count). The molecule has 1 aromatic rings. The number of carbonyl (C=O) groups is 1. The lowest BCUT2D eigenvalue weighted by Crippen LogP contribution is -3.15. The van der Waals surface area contributed by atoms with Gasteiger partial charge in [-0.1, -0.05) is 25.3 Å². The summed E-state index contributed by atoms with van der Waals surface area (Å²) in [6.45, 7) is 1.39.